The van der Waals surface area contributed by atoms with Crippen molar-refractivity contribution in [3.8, 4) is 11.5 Å². The second kappa shape index (κ2) is 8.59. The molecule has 0 saturated carbocycles. The quantitative estimate of drug-likeness (QED) is 0.345. The van der Waals surface area contributed by atoms with Gasteiger partial charge in [0.25, 0.3) is 11.8 Å². The zero-order chi connectivity index (χ0) is 19.6. The van der Waals surface area contributed by atoms with Crippen LogP contribution in [0.5, 0.6) is 11.5 Å². The Kier molecular flexibility index (Phi) is 6.40. The lowest BCUT2D eigenvalue weighted by molar-refractivity contribution is -0.123. The summed E-state index contributed by atoms with van der Waals surface area (Å²) in [7, 11) is 0. The maximum absolute atomic E-state index is 12.6. The van der Waals surface area contributed by atoms with E-state index in [1.165, 1.54) is 11.3 Å². The molecule has 1 aromatic heterocycles. The second-order valence-electron chi connectivity index (χ2n) is 5.22. The summed E-state index contributed by atoms with van der Waals surface area (Å²) < 4.78 is 6.27. The number of ether oxygens (including phenoxy) is 1. The molecule has 1 aliphatic rings. The van der Waals surface area contributed by atoms with Crippen LogP contribution in [-0.2, 0) is 4.79 Å². The number of thiocarbonyl (C=S) groups is 1. The lowest BCUT2D eigenvalue weighted by Crippen LogP contribution is -2.44. The number of carbonyl (C=O) groups excluding carboxylic acids is 2. The fourth-order valence-corrected chi connectivity index (χ4v) is 4.64. The average molecular weight is 532 g/mol. The Balaban J connectivity index is 1.83. The van der Waals surface area contributed by atoms with E-state index in [4.69, 9.17) is 17.0 Å². The van der Waals surface area contributed by atoms with Gasteiger partial charge >= 0.3 is 0 Å². The first-order valence-electron chi connectivity index (χ1n) is 7.68. The number of thiophene rings is 1. The minimum absolute atomic E-state index is 0.0605. The molecule has 2 N–H and O–H groups in total. The van der Waals surface area contributed by atoms with Crippen molar-refractivity contribution in [2.24, 2.45) is 0 Å². The molecule has 140 valence electrons. The van der Waals surface area contributed by atoms with Crippen molar-refractivity contribution in [3.05, 3.63) is 48.6 Å². The van der Waals surface area contributed by atoms with E-state index in [1.807, 2.05) is 29.5 Å². The number of rotatable bonds is 5. The van der Waals surface area contributed by atoms with Crippen molar-refractivity contribution in [2.75, 3.05) is 6.61 Å². The molecule has 0 aliphatic carbocycles. The number of amides is 2. The number of aromatic hydroxyl groups is 1. The van der Waals surface area contributed by atoms with Crippen LogP contribution >= 0.6 is 57.9 Å². The number of phenolic OH excluding ortho intramolecular Hbond substituents is 1. The third-order valence-electron chi connectivity index (χ3n) is 3.40. The summed E-state index contributed by atoms with van der Waals surface area (Å²) in [5.41, 5.74) is 3.22. The average Bonchev–Trinajstić information content (AvgIpc) is 3.24. The van der Waals surface area contributed by atoms with Gasteiger partial charge in [0, 0.05) is 0 Å². The molecule has 0 atom stereocenters. The fourth-order valence-electron chi connectivity index (χ4n) is 2.22. The largest absolute Gasteiger partial charge is 0.504 e. The van der Waals surface area contributed by atoms with Crippen LogP contribution in [0.3, 0.4) is 0 Å². The molecular formula is C17H13IN2O4S3. The van der Waals surface area contributed by atoms with Crippen molar-refractivity contribution in [1.29, 1.82) is 0 Å². The Morgan fingerprint density at radius 1 is 1.48 bits per heavy atom. The van der Waals surface area contributed by atoms with Crippen LogP contribution in [0.15, 0.2) is 34.6 Å². The van der Waals surface area contributed by atoms with E-state index >= 15 is 0 Å². The Morgan fingerprint density at radius 2 is 2.26 bits per heavy atom. The lowest BCUT2D eigenvalue weighted by Gasteiger charge is -2.14. The molecule has 1 fully saturated rings. The fraction of sp³-hybridized carbons (Fsp3) is 0.118. The summed E-state index contributed by atoms with van der Waals surface area (Å²) in [5.74, 6) is -0.390. The molecule has 0 spiro atoms. The molecule has 0 unspecified atom stereocenters. The Labute approximate surface area is 182 Å². The second-order valence-corrected chi connectivity index (χ2v) is 9.00. The van der Waals surface area contributed by atoms with Gasteiger partial charge in [-0.1, -0.05) is 17.8 Å². The van der Waals surface area contributed by atoms with Gasteiger partial charge in [-0.25, -0.2) is 0 Å². The highest BCUT2D eigenvalue weighted by molar-refractivity contribution is 14.1. The van der Waals surface area contributed by atoms with Gasteiger partial charge in [-0.2, -0.15) is 5.01 Å². The number of phenols is 1. The van der Waals surface area contributed by atoms with E-state index in [0.717, 1.165) is 16.8 Å². The molecular weight excluding hydrogens is 519 g/mol. The van der Waals surface area contributed by atoms with Gasteiger partial charge in [0.15, 0.2) is 15.8 Å². The van der Waals surface area contributed by atoms with Crippen LogP contribution in [0.2, 0.25) is 0 Å². The van der Waals surface area contributed by atoms with Gasteiger partial charge in [0.05, 0.1) is 20.0 Å². The molecule has 2 heterocycles. The minimum Gasteiger partial charge on any atom is -0.504 e. The predicted molar refractivity (Wildman–Crippen MR) is 119 cm³/mol. The highest BCUT2D eigenvalue weighted by atomic mass is 127. The smallest absolute Gasteiger partial charge is 0.285 e. The third kappa shape index (κ3) is 4.45. The first-order chi connectivity index (χ1) is 12.9. The molecule has 10 heteroatoms. The minimum atomic E-state index is -0.407. The topological polar surface area (TPSA) is 78.9 Å². The van der Waals surface area contributed by atoms with E-state index in [0.29, 0.717) is 31.3 Å². The number of carbonyl (C=O) groups is 2. The molecule has 0 radical (unpaired) electrons. The third-order valence-corrected chi connectivity index (χ3v) is 6.39. The number of halogens is 1. The van der Waals surface area contributed by atoms with E-state index < -0.39 is 5.91 Å². The van der Waals surface area contributed by atoms with Gasteiger partial charge in [-0.05, 0) is 77.0 Å². The normalized spacial score (nSPS) is 15.5. The van der Waals surface area contributed by atoms with E-state index in [1.54, 1.807) is 35.7 Å². The molecule has 2 aromatic rings. The number of hydrazine groups is 1. The van der Waals surface area contributed by atoms with Gasteiger partial charge in [-0.15, -0.1) is 11.3 Å². The summed E-state index contributed by atoms with van der Waals surface area (Å²) in [6.07, 6.45) is 1.65. The number of nitrogens with zero attached hydrogens (tertiary/aromatic N) is 1. The molecule has 3 rings (SSSR count). The summed E-state index contributed by atoms with van der Waals surface area (Å²) in [6.45, 7) is 2.23. The summed E-state index contributed by atoms with van der Waals surface area (Å²) >= 11 is 9.59. The number of benzene rings is 1. The first-order valence-corrected chi connectivity index (χ1v) is 10.9. The van der Waals surface area contributed by atoms with Crippen molar-refractivity contribution >= 4 is 80.1 Å². The van der Waals surface area contributed by atoms with Crippen molar-refractivity contribution in [2.45, 2.75) is 6.92 Å². The van der Waals surface area contributed by atoms with Gasteiger partial charge in [-0.3, -0.25) is 15.0 Å². The molecule has 2 amide bonds. The van der Waals surface area contributed by atoms with Crippen LogP contribution in [0.4, 0.5) is 0 Å². The van der Waals surface area contributed by atoms with Crippen LogP contribution in [0.25, 0.3) is 6.08 Å². The van der Waals surface area contributed by atoms with Crippen LogP contribution in [0.1, 0.15) is 22.2 Å². The molecule has 6 nitrogen and oxygen atoms in total. The van der Waals surface area contributed by atoms with Crippen LogP contribution in [0, 0.1) is 3.57 Å². The maximum atomic E-state index is 12.6. The Hall–Kier alpha value is -1.63. The summed E-state index contributed by atoms with van der Waals surface area (Å²) in [6, 6.07) is 6.81. The molecule has 1 saturated heterocycles. The molecule has 27 heavy (non-hydrogen) atoms. The van der Waals surface area contributed by atoms with Gasteiger partial charge in [0.1, 0.15) is 0 Å². The number of thioether (sulfide) groups is 1. The highest BCUT2D eigenvalue weighted by Crippen LogP contribution is 2.36. The zero-order valence-corrected chi connectivity index (χ0v) is 18.5. The van der Waals surface area contributed by atoms with Crippen molar-refractivity contribution in [1.82, 2.24) is 10.4 Å². The van der Waals surface area contributed by atoms with Gasteiger partial charge in [0.2, 0.25) is 0 Å². The first kappa shape index (κ1) is 20.1. The van der Waals surface area contributed by atoms with Crippen molar-refractivity contribution < 1.29 is 19.4 Å². The van der Waals surface area contributed by atoms with E-state index in [-0.39, 0.29) is 16.0 Å². The maximum Gasteiger partial charge on any atom is 0.285 e. The number of hydrogen-bond acceptors (Lipinski definition) is 7. The van der Waals surface area contributed by atoms with E-state index in [9.17, 15) is 14.7 Å². The van der Waals surface area contributed by atoms with Gasteiger partial charge < -0.3 is 9.84 Å². The van der Waals surface area contributed by atoms with E-state index in [2.05, 4.69) is 5.43 Å². The summed E-state index contributed by atoms with van der Waals surface area (Å²) in [5, 5.41) is 12.9. The Bertz CT molecular complexity index is 944. The highest BCUT2D eigenvalue weighted by Gasteiger charge is 2.34. The molecule has 0 bridgehead atoms. The van der Waals surface area contributed by atoms with Crippen molar-refractivity contribution in [3.63, 3.8) is 0 Å². The Morgan fingerprint density at radius 3 is 2.93 bits per heavy atom. The monoisotopic (exact) mass is 532 g/mol. The molecule has 1 aliphatic heterocycles. The lowest BCUT2D eigenvalue weighted by atomic mass is 10.2. The number of hydrogen-bond donors (Lipinski definition) is 2. The predicted octanol–water partition coefficient (Wildman–Crippen LogP) is 4.00. The standard InChI is InChI=1S/C17H13IN2O4S3/c1-2-24-11-7-9(6-10(18)14(11)21)8-13-16(23)20(17(25)27-13)19-15(22)12-4-3-5-26-12/h3-8,21H,2H2,1H3,(H,19,22)/b13-8+. The zero-order valence-electron chi connectivity index (χ0n) is 13.9. The summed E-state index contributed by atoms with van der Waals surface area (Å²) in [4.78, 5) is 25.7. The molecule has 1 aromatic carbocycles. The number of nitrogens with one attached hydrogen (secondary N) is 1. The SMILES string of the molecule is CCOc1cc(/C=C2/SC(=S)N(NC(=O)c3cccs3)C2=O)cc(I)c1O. The van der Waals surface area contributed by atoms with Crippen LogP contribution < -0.4 is 10.2 Å². The van der Waals surface area contributed by atoms with Crippen LogP contribution in [-0.4, -0.2) is 32.9 Å².